The van der Waals surface area contributed by atoms with Gasteiger partial charge in [-0.25, -0.2) is 0 Å². The van der Waals surface area contributed by atoms with E-state index in [1.54, 1.807) is 0 Å². The normalized spacial score (nSPS) is 19.7. The van der Waals surface area contributed by atoms with Crippen LogP contribution in [0.4, 0.5) is 17.8 Å². The Balaban J connectivity index is 2.21. The second-order valence-corrected chi connectivity index (χ2v) is 4.70. The van der Waals surface area contributed by atoms with Gasteiger partial charge in [0, 0.05) is 27.2 Å². The molecule has 0 aromatic carbocycles. The molecule has 17 heavy (non-hydrogen) atoms. The summed E-state index contributed by atoms with van der Waals surface area (Å²) in [6, 6.07) is 0. The molecule has 1 aliphatic heterocycles. The molecule has 1 fully saturated rings. The molecule has 0 bridgehead atoms. The highest BCUT2D eigenvalue weighted by molar-refractivity contribution is 5.43. The lowest BCUT2D eigenvalue weighted by atomic mass is 10.1. The monoisotopic (exact) mass is 236 g/mol. The summed E-state index contributed by atoms with van der Waals surface area (Å²) in [5.74, 6) is 2.36. The van der Waals surface area contributed by atoms with Crippen LogP contribution in [0.3, 0.4) is 0 Å². The molecule has 2 heterocycles. The standard InChI is InChI=1S/C11H20N6/c1-4-8-5-6-17(7-8)11-14-9(12)13-10(15-11)16(2)3/h8H,4-7H2,1-3H3,(H2,12,13,14,15). The minimum atomic E-state index is 0.290. The smallest absolute Gasteiger partial charge is 0.231 e. The molecule has 1 aromatic heterocycles. The zero-order valence-corrected chi connectivity index (χ0v) is 10.7. The number of hydrogen-bond donors (Lipinski definition) is 1. The van der Waals surface area contributed by atoms with E-state index in [1.165, 1.54) is 12.8 Å². The number of aromatic nitrogens is 3. The largest absolute Gasteiger partial charge is 0.368 e. The van der Waals surface area contributed by atoms with Crippen molar-refractivity contribution in [3.63, 3.8) is 0 Å². The van der Waals surface area contributed by atoms with Crippen LogP contribution in [0.1, 0.15) is 19.8 Å². The van der Waals surface area contributed by atoms with Crippen molar-refractivity contribution in [1.82, 2.24) is 15.0 Å². The summed E-state index contributed by atoms with van der Waals surface area (Å²) in [6.07, 6.45) is 2.41. The second kappa shape index (κ2) is 4.73. The summed E-state index contributed by atoms with van der Waals surface area (Å²) in [7, 11) is 3.80. The first-order valence-corrected chi connectivity index (χ1v) is 6.04. The molecule has 6 heteroatoms. The molecule has 1 aromatic rings. The minimum Gasteiger partial charge on any atom is -0.368 e. The molecular formula is C11H20N6. The van der Waals surface area contributed by atoms with E-state index in [-0.39, 0.29) is 0 Å². The van der Waals surface area contributed by atoms with E-state index in [0.717, 1.165) is 19.0 Å². The number of nitrogens with two attached hydrogens (primary N) is 1. The third-order valence-corrected chi connectivity index (χ3v) is 3.18. The molecule has 0 amide bonds. The van der Waals surface area contributed by atoms with E-state index in [4.69, 9.17) is 5.73 Å². The number of anilines is 3. The Bertz CT molecular complexity index is 392. The summed E-state index contributed by atoms with van der Waals surface area (Å²) < 4.78 is 0. The molecule has 0 radical (unpaired) electrons. The van der Waals surface area contributed by atoms with Crippen molar-refractivity contribution in [3.05, 3.63) is 0 Å². The van der Waals surface area contributed by atoms with Gasteiger partial charge in [0.05, 0.1) is 0 Å². The lowest BCUT2D eigenvalue weighted by molar-refractivity contribution is 0.568. The number of hydrogen-bond acceptors (Lipinski definition) is 6. The fourth-order valence-electron chi connectivity index (χ4n) is 2.06. The molecule has 1 saturated heterocycles. The third-order valence-electron chi connectivity index (χ3n) is 3.18. The summed E-state index contributed by atoms with van der Waals surface area (Å²) >= 11 is 0. The van der Waals surface area contributed by atoms with Crippen LogP contribution in [0.15, 0.2) is 0 Å². The molecule has 0 saturated carbocycles. The van der Waals surface area contributed by atoms with Gasteiger partial charge in [-0.1, -0.05) is 13.3 Å². The summed E-state index contributed by atoms with van der Waals surface area (Å²) in [4.78, 5) is 16.8. The van der Waals surface area contributed by atoms with Gasteiger partial charge in [-0.3, -0.25) is 0 Å². The maximum atomic E-state index is 5.72. The van der Waals surface area contributed by atoms with Crippen molar-refractivity contribution >= 4 is 17.8 Å². The van der Waals surface area contributed by atoms with Gasteiger partial charge in [0.1, 0.15) is 0 Å². The molecule has 0 spiro atoms. The fraction of sp³-hybridized carbons (Fsp3) is 0.727. The Hall–Kier alpha value is -1.59. The highest BCUT2D eigenvalue weighted by Gasteiger charge is 2.23. The van der Waals surface area contributed by atoms with Gasteiger partial charge in [-0.15, -0.1) is 0 Å². The predicted octanol–water partition coefficient (Wildman–Crippen LogP) is 0.756. The Labute approximate surface area is 102 Å². The van der Waals surface area contributed by atoms with Crippen molar-refractivity contribution in [2.75, 3.05) is 42.7 Å². The van der Waals surface area contributed by atoms with Crippen LogP contribution < -0.4 is 15.5 Å². The molecule has 0 aliphatic carbocycles. The van der Waals surface area contributed by atoms with Crippen molar-refractivity contribution in [2.45, 2.75) is 19.8 Å². The Morgan fingerprint density at radius 3 is 2.71 bits per heavy atom. The third kappa shape index (κ3) is 2.57. The van der Waals surface area contributed by atoms with Gasteiger partial charge in [0.15, 0.2) is 0 Å². The van der Waals surface area contributed by atoms with Crippen LogP contribution in [0, 0.1) is 5.92 Å². The first-order valence-electron chi connectivity index (χ1n) is 6.04. The maximum absolute atomic E-state index is 5.72. The fourth-order valence-corrected chi connectivity index (χ4v) is 2.06. The number of nitrogen functional groups attached to an aromatic ring is 1. The summed E-state index contributed by atoms with van der Waals surface area (Å²) in [5, 5.41) is 0. The molecular weight excluding hydrogens is 216 g/mol. The van der Waals surface area contributed by atoms with Crippen LogP contribution in [-0.2, 0) is 0 Å². The van der Waals surface area contributed by atoms with E-state index in [1.807, 2.05) is 19.0 Å². The zero-order valence-electron chi connectivity index (χ0n) is 10.7. The van der Waals surface area contributed by atoms with E-state index in [0.29, 0.717) is 17.8 Å². The lowest BCUT2D eigenvalue weighted by Gasteiger charge is -2.18. The topological polar surface area (TPSA) is 71.2 Å². The lowest BCUT2D eigenvalue weighted by Crippen LogP contribution is -2.24. The van der Waals surface area contributed by atoms with Crippen molar-refractivity contribution in [1.29, 1.82) is 0 Å². The van der Waals surface area contributed by atoms with E-state index in [9.17, 15) is 0 Å². The Morgan fingerprint density at radius 1 is 1.35 bits per heavy atom. The van der Waals surface area contributed by atoms with Crippen molar-refractivity contribution in [3.8, 4) is 0 Å². The van der Waals surface area contributed by atoms with Gasteiger partial charge < -0.3 is 15.5 Å². The van der Waals surface area contributed by atoms with Crippen molar-refractivity contribution < 1.29 is 0 Å². The molecule has 1 aliphatic rings. The second-order valence-electron chi connectivity index (χ2n) is 4.70. The van der Waals surface area contributed by atoms with E-state index < -0.39 is 0 Å². The van der Waals surface area contributed by atoms with Gasteiger partial charge in [0.2, 0.25) is 17.8 Å². The zero-order chi connectivity index (χ0) is 12.4. The molecule has 2 N–H and O–H groups in total. The SMILES string of the molecule is CCC1CCN(c2nc(N)nc(N(C)C)n2)C1. The Kier molecular flexibility index (Phi) is 3.31. The quantitative estimate of drug-likeness (QED) is 0.835. The van der Waals surface area contributed by atoms with E-state index >= 15 is 0 Å². The first kappa shape index (κ1) is 11.9. The average Bonchev–Trinajstić information content (AvgIpc) is 2.76. The maximum Gasteiger partial charge on any atom is 0.231 e. The summed E-state index contributed by atoms with van der Waals surface area (Å²) in [6.45, 7) is 4.25. The number of nitrogens with zero attached hydrogens (tertiary/aromatic N) is 5. The van der Waals surface area contributed by atoms with Crippen LogP contribution in [0.2, 0.25) is 0 Å². The average molecular weight is 236 g/mol. The van der Waals surface area contributed by atoms with Gasteiger partial charge >= 0.3 is 0 Å². The van der Waals surface area contributed by atoms with Crippen LogP contribution in [0.25, 0.3) is 0 Å². The van der Waals surface area contributed by atoms with Crippen LogP contribution >= 0.6 is 0 Å². The molecule has 6 nitrogen and oxygen atoms in total. The van der Waals surface area contributed by atoms with Crippen LogP contribution in [-0.4, -0.2) is 42.1 Å². The van der Waals surface area contributed by atoms with Gasteiger partial charge in [-0.2, -0.15) is 15.0 Å². The first-order chi connectivity index (χ1) is 8.10. The molecule has 1 unspecified atom stereocenters. The molecule has 2 rings (SSSR count). The minimum absolute atomic E-state index is 0.290. The van der Waals surface area contributed by atoms with Gasteiger partial charge in [0.25, 0.3) is 0 Å². The van der Waals surface area contributed by atoms with Crippen molar-refractivity contribution in [2.24, 2.45) is 5.92 Å². The molecule has 94 valence electrons. The van der Waals surface area contributed by atoms with E-state index in [2.05, 4.69) is 26.8 Å². The number of rotatable bonds is 3. The van der Waals surface area contributed by atoms with Crippen LogP contribution in [0.5, 0.6) is 0 Å². The van der Waals surface area contributed by atoms with Gasteiger partial charge in [-0.05, 0) is 12.3 Å². The summed E-state index contributed by atoms with van der Waals surface area (Å²) in [5.41, 5.74) is 5.72. The predicted molar refractivity (Wildman–Crippen MR) is 69.2 cm³/mol. The molecule has 1 atom stereocenters. The highest BCUT2D eigenvalue weighted by Crippen LogP contribution is 2.24. The Morgan fingerprint density at radius 2 is 2.12 bits per heavy atom. The highest BCUT2D eigenvalue weighted by atomic mass is 15.3.